The molecule has 320 valence electrons. The minimum Gasteiger partial charge on any atom is -0.756 e. The molecule has 2 atom stereocenters. The number of hydrogen-bond donors (Lipinski definition) is 0. The Morgan fingerprint density at radius 2 is 1.02 bits per heavy atom. The number of carbonyl (C=O) groups excluding carboxylic acids is 1. The summed E-state index contributed by atoms with van der Waals surface area (Å²) >= 11 is 0. The van der Waals surface area contributed by atoms with Crippen molar-refractivity contribution < 1.29 is 37.3 Å². The van der Waals surface area contributed by atoms with Crippen molar-refractivity contribution in [3.05, 3.63) is 24.3 Å². The van der Waals surface area contributed by atoms with Gasteiger partial charge in [-0.2, -0.15) is 0 Å². The van der Waals surface area contributed by atoms with Crippen LogP contribution < -0.4 is 4.89 Å². The van der Waals surface area contributed by atoms with Gasteiger partial charge in [-0.15, -0.1) is 0 Å². The van der Waals surface area contributed by atoms with Gasteiger partial charge in [-0.25, -0.2) is 0 Å². The van der Waals surface area contributed by atoms with Gasteiger partial charge in [0.05, 0.1) is 34.4 Å². The largest absolute Gasteiger partial charge is 0.756 e. The molecule has 0 saturated carbocycles. The van der Waals surface area contributed by atoms with Crippen molar-refractivity contribution >= 4 is 13.8 Å². The van der Waals surface area contributed by atoms with E-state index in [1.807, 2.05) is 21.1 Å². The number of rotatable bonds is 42. The summed E-state index contributed by atoms with van der Waals surface area (Å²) in [6.07, 6.45) is 43.2. The standard InChI is InChI=1S/C45H88NO7P/c1-6-8-10-12-14-16-18-20-22-24-26-28-30-32-34-36-38-45(47)53-44(43-52-54(48,49)51-41-39-46(3,4)5)42-50-40-37-35-33-31-29-27-25-23-21-19-17-15-13-11-9-7-2/h16,18,22,24,44H,6-15,17,19-21,23,25-43H2,1-5H3/b18-16-,24-22-. The fourth-order valence-corrected chi connectivity index (χ4v) is 6.95. The fraction of sp³-hybridized carbons (Fsp3) is 0.889. The number of quaternary nitrogens is 1. The predicted molar refractivity (Wildman–Crippen MR) is 227 cm³/mol. The zero-order valence-corrected chi connectivity index (χ0v) is 37.1. The summed E-state index contributed by atoms with van der Waals surface area (Å²) in [5.41, 5.74) is 0. The van der Waals surface area contributed by atoms with Crippen LogP contribution in [-0.4, -0.2) is 70.7 Å². The van der Waals surface area contributed by atoms with E-state index in [4.69, 9.17) is 18.5 Å². The van der Waals surface area contributed by atoms with Gasteiger partial charge in [-0.05, 0) is 44.9 Å². The highest BCUT2D eigenvalue weighted by Crippen LogP contribution is 2.38. The second kappa shape index (κ2) is 38.8. The lowest BCUT2D eigenvalue weighted by molar-refractivity contribution is -0.870. The minimum absolute atomic E-state index is 0.0252. The summed E-state index contributed by atoms with van der Waals surface area (Å²) < 4.78 is 34.6. The molecule has 0 aromatic rings. The maximum atomic E-state index is 12.7. The first-order chi connectivity index (χ1) is 26.1. The number of nitrogens with zero attached hydrogens (tertiary/aromatic N) is 1. The molecule has 0 N–H and O–H groups in total. The van der Waals surface area contributed by atoms with Crippen LogP contribution in [0.1, 0.15) is 200 Å². The number of allylic oxidation sites excluding steroid dienone is 4. The summed E-state index contributed by atoms with van der Waals surface area (Å²) in [4.78, 5) is 25.0. The van der Waals surface area contributed by atoms with Crippen molar-refractivity contribution in [1.29, 1.82) is 0 Å². The number of likely N-dealkylation sites (N-methyl/N-ethyl adjacent to an activating group) is 1. The van der Waals surface area contributed by atoms with E-state index in [0.717, 1.165) is 57.8 Å². The average molecular weight is 786 g/mol. The second-order valence-electron chi connectivity index (χ2n) is 16.4. The third-order valence-corrected chi connectivity index (χ3v) is 10.7. The molecule has 0 aliphatic heterocycles. The van der Waals surface area contributed by atoms with Crippen LogP contribution in [0, 0.1) is 0 Å². The number of esters is 1. The summed E-state index contributed by atoms with van der Waals surface area (Å²) in [6.45, 7) is 5.41. The van der Waals surface area contributed by atoms with Crippen LogP contribution in [0.2, 0.25) is 0 Å². The van der Waals surface area contributed by atoms with E-state index >= 15 is 0 Å². The number of phosphoric acid groups is 1. The number of hydrogen-bond acceptors (Lipinski definition) is 7. The van der Waals surface area contributed by atoms with Gasteiger partial charge in [0.2, 0.25) is 0 Å². The van der Waals surface area contributed by atoms with Crippen LogP contribution >= 0.6 is 7.82 Å². The van der Waals surface area contributed by atoms with Gasteiger partial charge in [0.25, 0.3) is 7.82 Å². The van der Waals surface area contributed by atoms with E-state index in [-0.39, 0.29) is 25.8 Å². The lowest BCUT2D eigenvalue weighted by Gasteiger charge is -2.28. The normalized spacial score (nSPS) is 14.0. The molecule has 0 fully saturated rings. The smallest absolute Gasteiger partial charge is 0.306 e. The van der Waals surface area contributed by atoms with Crippen molar-refractivity contribution in [2.75, 3.05) is 54.1 Å². The van der Waals surface area contributed by atoms with Crippen molar-refractivity contribution in [3.8, 4) is 0 Å². The van der Waals surface area contributed by atoms with Crippen LogP contribution in [0.5, 0.6) is 0 Å². The van der Waals surface area contributed by atoms with E-state index in [0.29, 0.717) is 24.1 Å². The van der Waals surface area contributed by atoms with Crippen LogP contribution in [-0.2, 0) is 27.9 Å². The maximum Gasteiger partial charge on any atom is 0.306 e. The third kappa shape index (κ3) is 42.1. The lowest BCUT2D eigenvalue weighted by atomic mass is 10.0. The first-order valence-electron chi connectivity index (χ1n) is 22.6. The molecule has 0 aromatic heterocycles. The van der Waals surface area contributed by atoms with Gasteiger partial charge in [0.1, 0.15) is 19.3 Å². The Morgan fingerprint density at radius 1 is 0.574 bits per heavy atom. The van der Waals surface area contributed by atoms with E-state index < -0.39 is 13.9 Å². The Morgan fingerprint density at radius 3 is 1.52 bits per heavy atom. The molecule has 0 aliphatic rings. The number of ether oxygens (including phenoxy) is 2. The predicted octanol–water partition coefficient (Wildman–Crippen LogP) is 12.6. The molecule has 54 heavy (non-hydrogen) atoms. The highest BCUT2D eigenvalue weighted by molar-refractivity contribution is 7.45. The maximum absolute atomic E-state index is 12.7. The fourth-order valence-electron chi connectivity index (χ4n) is 6.22. The minimum atomic E-state index is -4.52. The van der Waals surface area contributed by atoms with Gasteiger partial charge < -0.3 is 27.9 Å². The summed E-state index contributed by atoms with van der Waals surface area (Å²) in [5.74, 6) is -0.345. The number of carbonyl (C=O) groups is 1. The molecular formula is C45H88NO7P. The SMILES string of the molecule is CCCCCC/C=C\C/C=C\CCCCCCCC(=O)OC(COCCCCCCCCCCCCCCCCCC)COP(=O)([O-])OCC[N+](C)(C)C. The summed E-state index contributed by atoms with van der Waals surface area (Å²) in [5, 5.41) is 0. The van der Waals surface area contributed by atoms with E-state index in [1.54, 1.807) is 0 Å². The van der Waals surface area contributed by atoms with Crippen molar-refractivity contribution in [1.82, 2.24) is 0 Å². The quantitative estimate of drug-likeness (QED) is 0.0200. The van der Waals surface area contributed by atoms with Crippen LogP contribution in [0.25, 0.3) is 0 Å². The highest BCUT2D eigenvalue weighted by Gasteiger charge is 2.20. The van der Waals surface area contributed by atoms with Gasteiger partial charge in [0.15, 0.2) is 0 Å². The van der Waals surface area contributed by atoms with Crippen LogP contribution in [0.4, 0.5) is 0 Å². The van der Waals surface area contributed by atoms with Gasteiger partial charge in [-0.3, -0.25) is 9.36 Å². The van der Waals surface area contributed by atoms with Gasteiger partial charge >= 0.3 is 5.97 Å². The first kappa shape index (κ1) is 53.0. The summed E-state index contributed by atoms with van der Waals surface area (Å²) in [6, 6.07) is 0. The first-order valence-corrected chi connectivity index (χ1v) is 24.0. The molecule has 8 nitrogen and oxygen atoms in total. The molecule has 0 aromatic carbocycles. The van der Waals surface area contributed by atoms with Gasteiger partial charge in [0, 0.05) is 13.0 Å². The highest BCUT2D eigenvalue weighted by atomic mass is 31.2. The van der Waals surface area contributed by atoms with E-state index in [2.05, 4.69) is 38.2 Å². The van der Waals surface area contributed by atoms with Gasteiger partial charge in [-0.1, -0.05) is 173 Å². The average Bonchev–Trinajstić information content (AvgIpc) is 3.12. The van der Waals surface area contributed by atoms with Crippen LogP contribution in [0.3, 0.4) is 0 Å². The molecule has 0 heterocycles. The molecule has 0 saturated heterocycles. The van der Waals surface area contributed by atoms with Crippen molar-refractivity contribution in [2.24, 2.45) is 0 Å². The molecule has 0 bridgehead atoms. The zero-order valence-electron chi connectivity index (χ0n) is 36.2. The monoisotopic (exact) mass is 786 g/mol. The zero-order chi connectivity index (χ0) is 39.9. The molecular weight excluding hydrogens is 697 g/mol. The molecule has 9 heteroatoms. The topological polar surface area (TPSA) is 94.1 Å². The van der Waals surface area contributed by atoms with Crippen LogP contribution in [0.15, 0.2) is 24.3 Å². The second-order valence-corrected chi connectivity index (χ2v) is 17.8. The Hall–Kier alpha value is -1.02. The van der Waals surface area contributed by atoms with Crippen molar-refractivity contribution in [2.45, 2.75) is 206 Å². The molecule has 0 rings (SSSR count). The van der Waals surface area contributed by atoms with E-state index in [9.17, 15) is 14.3 Å². The Labute approximate surface area is 334 Å². The van der Waals surface area contributed by atoms with Crippen molar-refractivity contribution in [3.63, 3.8) is 0 Å². The Kier molecular flexibility index (Phi) is 38.1. The summed E-state index contributed by atoms with van der Waals surface area (Å²) in [7, 11) is 1.35. The molecule has 0 spiro atoms. The Bertz CT molecular complexity index is 920. The molecule has 0 aliphatic carbocycles. The number of phosphoric ester groups is 1. The number of unbranched alkanes of at least 4 members (excludes halogenated alkanes) is 24. The van der Waals surface area contributed by atoms with E-state index in [1.165, 1.54) is 122 Å². The lowest BCUT2D eigenvalue weighted by Crippen LogP contribution is -2.37. The molecule has 0 amide bonds. The third-order valence-electron chi connectivity index (χ3n) is 9.76. The molecule has 0 radical (unpaired) electrons. The molecule has 2 unspecified atom stereocenters. The Balaban J connectivity index is 4.23.